The summed E-state index contributed by atoms with van der Waals surface area (Å²) in [6.07, 6.45) is 6.34. The molecule has 3 amide bonds. The first-order valence-corrected chi connectivity index (χ1v) is 15.2. The Labute approximate surface area is 259 Å². The first-order valence-electron chi connectivity index (χ1n) is 15.2. The summed E-state index contributed by atoms with van der Waals surface area (Å²) in [5.41, 5.74) is 12.0. The van der Waals surface area contributed by atoms with Crippen LogP contribution in [0.25, 0.3) is 0 Å². The minimum Gasteiger partial charge on any atom is -0.467 e. The molecule has 246 valence electrons. The lowest BCUT2D eigenvalue weighted by atomic mass is 10.00. The molecule has 0 aliphatic carbocycles. The molecule has 0 spiro atoms. The number of hydrogen-bond donors (Lipinski definition) is 5. The molecule has 3 atom stereocenters. The Balaban J connectivity index is 2.16. The van der Waals surface area contributed by atoms with Crippen molar-refractivity contribution in [2.24, 2.45) is 17.4 Å². The minimum atomic E-state index is -0.812. The van der Waals surface area contributed by atoms with Crippen molar-refractivity contribution in [3.63, 3.8) is 0 Å². The second-order valence-electron chi connectivity index (χ2n) is 11.6. The molecule has 2 rings (SSSR count). The van der Waals surface area contributed by atoms with Gasteiger partial charge in [-0.1, -0.05) is 13.8 Å². The molecule has 2 aliphatic heterocycles. The summed E-state index contributed by atoms with van der Waals surface area (Å²) < 4.78 is 4.91. The third-order valence-corrected chi connectivity index (χ3v) is 7.40. The number of nitrogens with zero attached hydrogens (tertiary/aromatic N) is 2. The van der Waals surface area contributed by atoms with E-state index in [1.807, 2.05) is 13.8 Å². The number of nitrogens with two attached hydrogens (primary N) is 2. The summed E-state index contributed by atoms with van der Waals surface area (Å²) in [5, 5.41) is 8.89. The van der Waals surface area contributed by atoms with E-state index in [-0.39, 0.29) is 61.4 Å². The van der Waals surface area contributed by atoms with Gasteiger partial charge in [-0.15, -0.1) is 0 Å². The molecule has 2 heterocycles. The Hall–Kier alpha value is -3.78. The number of amides is 3. The van der Waals surface area contributed by atoms with Gasteiger partial charge in [-0.05, 0) is 57.5 Å². The molecule has 14 heteroatoms. The summed E-state index contributed by atoms with van der Waals surface area (Å²) >= 11 is 0. The molecule has 0 saturated carbocycles. The van der Waals surface area contributed by atoms with Gasteiger partial charge >= 0.3 is 5.97 Å². The van der Waals surface area contributed by atoms with E-state index in [9.17, 15) is 28.8 Å². The van der Waals surface area contributed by atoms with Crippen molar-refractivity contribution in [1.82, 2.24) is 25.8 Å². The Morgan fingerprint density at radius 2 is 1.30 bits per heavy atom. The van der Waals surface area contributed by atoms with Crippen molar-refractivity contribution in [2.75, 3.05) is 46.4 Å². The zero-order valence-electron chi connectivity index (χ0n) is 26.4. The van der Waals surface area contributed by atoms with Gasteiger partial charge in [0.05, 0.1) is 33.3 Å². The van der Waals surface area contributed by atoms with Gasteiger partial charge in [0.25, 0.3) is 0 Å². The molecule has 0 aromatic carbocycles. The van der Waals surface area contributed by atoms with E-state index < -0.39 is 24.1 Å². The van der Waals surface area contributed by atoms with Gasteiger partial charge in [-0.25, -0.2) is 4.79 Å². The summed E-state index contributed by atoms with van der Waals surface area (Å²) in [7, 11) is 1.29. The molecule has 44 heavy (non-hydrogen) atoms. The number of rotatable bonds is 17. The topological polar surface area (TPSA) is 206 Å². The zero-order valence-corrected chi connectivity index (χ0v) is 26.4. The summed E-state index contributed by atoms with van der Waals surface area (Å²) in [6.45, 7) is 5.76. The molecule has 0 unspecified atom stereocenters. The average molecular weight is 620 g/mol. The standard InChI is InChI=1S/C30H49N7O7/c1-19(2)27(29(42)37-15-21(13-23(39)18-37)34-26(30(43)44-4)10-6-8-12-32)35-22-14-24(40)17-36(16-22)28(41)25(33-20(3)38)9-5-7-11-31/h13-14,19,25-27,34-35H,5-12,15-18,31-32H2,1-4H3,(H,33,38)/t25-,26-,27+/m0/s1. The fourth-order valence-electron chi connectivity index (χ4n) is 5.19. The van der Waals surface area contributed by atoms with Crippen LogP contribution in [-0.4, -0.2) is 110 Å². The number of carbonyl (C=O) groups excluding carboxylic acids is 6. The predicted molar refractivity (Wildman–Crippen MR) is 163 cm³/mol. The Bertz CT molecular complexity index is 1120. The predicted octanol–water partition coefficient (Wildman–Crippen LogP) is -0.915. The molecule has 0 saturated heterocycles. The van der Waals surface area contributed by atoms with Gasteiger partial charge in [-0.3, -0.25) is 24.0 Å². The van der Waals surface area contributed by atoms with E-state index in [1.54, 1.807) is 0 Å². The van der Waals surface area contributed by atoms with Crippen LogP contribution in [0, 0.1) is 5.92 Å². The monoisotopic (exact) mass is 619 g/mol. The summed E-state index contributed by atoms with van der Waals surface area (Å²) in [4.78, 5) is 79.3. The van der Waals surface area contributed by atoms with Crippen molar-refractivity contribution in [3.05, 3.63) is 23.5 Å². The van der Waals surface area contributed by atoms with Gasteiger partial charge in [0.2, 0.25) is 17.7 Å². The second kappa shape index (κ2) is 18.1. The molecule has 0 radical (unpaired) electrons. The highest BCUT2D eigenvalue weighted by Gasteiger charge is 2.34. The molecule has 14 nitrogen and oxygen atoms in total. The third-order valence-electron chi connectivity index (χ3n) is 7.40. The Morgan fingerprint density at radius 3 is 1.77 bits per heavy atom. The maximum absolute atomic E-state index is 13.8. The lowest BCUT2D eigenvalue weighted by Crippen LogP contribution is -2.56. The highest BCUT2D eigenvalue weighted by Crippen LogP contribution is 2.17. The number of esters is 1. The first-order chi connectivity index (χ1) is 20.9. The van der Waals surface area contributed by atoms with E-state index >= 15 is 0 Å². The van der Waals surface area contributed by atoms with Gasteiger partial charge in [0, 0.05) is 30.5 Å². The lowest BCUT2D eigenvalue weighted by molar-refractivity contribution is -0.143. The largest absolute Gasteiger partial charge is 0.467 e. The van der Waals surface area contributed by atoms with Crippen molar-refractivity contribution < 1.29 is 33.5 Å². The molecular weight excluding hydrogens is 570 g/mol. The number of unbranched alkanes of at least 4 members (excludes halogenated alkanes) is 2. The lowest BCUT2D eigenvalue weighted by Gasteiger charge is -2.36. The molecular formula is C30H49N7O7. The molecule has 0 fully saturated rings. The Morgan fingerprint density at radius 1 is 0.795 bits per heavy atom. The van der Waals surface area contributed by atoms with E-state index in [4.69, 9.17) is 16.2 Å². The Kier molecular flexibility index (Phi) is 15.0. The molecule has 0 bridgehead atoms. The summed E-state index contributed by atoms with van der Waals surface area (Å²) in [5.74, 6) is -2.46. The maximum Gasteiger partial charge on any atom is 0.328 e. The number of ketones is 2. The van der Waals surface area contributed by atoms with Crippen molar-refractivity contribution in [2.45, 2.75) is 77.4 Å². The fourth-order valence-corrected chi connectivity index (χ4v) is 5.19. The first kappa shape index (κ1) is 36.4. The van der Waals surface area contributed by atoms with Crippen LogP contribution in [-0.2, 0) is 33.5 Å². The van der Waals surface area contributed by atoms with Crippen molar-refractivity contribution in [3.8, 4) is 0 Å². The van der Waals surface area contributed by atoms with Gasteiger partial charge in [-0.2, -0.15) is 0 Å². The fraction of sp³-hybridized carbons (Fsp3) is 0.667. The number of hydrogen-bond acceptors (Lipinski definition) is 11. The van der Waals surface area contributed by atoms with Crippen molar-refractivity contribution >= 4 is 35.3 Å². The third kappa shape index (κ3) is 11.4. The number of nitrogens with one attached hydrogen (secondary N) is 3. The van der Waals surface area contributed by atoms with E-state index in [0.29, 0.717) is 56.6 Å². The van der Waals surface area contributed by atoms with Crippen LogP contribution >= 0.6 is 0 Å². The van der Waals surface area contributed by atoms with Crippen LogP contribution < -0.4 is 27.4 Å². The average Bonchev–Trinajstić information content (AvgIpc) is 2.97. The smallest absolute Gasteiger partial charge is 0.328 e. The molecule has 2 aliphatic rings. The van der Waals surface area contributed by atoms with Gasteiger partial charge < -0.3 is 42.0 Å². The van der Waals surface area contributed by atoms with Crippen LogP contribution in [0.1, 0.15) is 59.3 Å². The number of carbonyl (C=O) groups is 6. The molecule has 7 N–H and O–H groups in total. The maximum atomic E-state index is 13.8. The van der Waals surface area contributed by atoms with Gasteiger partial charge in [0.1, 0.15) is 18.1 Å². The molecule has 0 aromatic rings. The highest BCUT2D eigenvalue weighted by atomic mass is 16.5. The van der Waals surface area contributed by atoms with Crippen LogP contribution in [0.4, 0.5) is 0 Å². The number of methoxy groups -OCH3 is 1. The second-order valence-corrected chi connectivity index (χ2v) is 11.6. The highest BCUT2D eigenvalue weighted by molar-refractivity contribution is 5.98. The quantitative estimate of drug-likeness (QED) is 0.0994. The summed E-state index contributed by atoms with van der Waals surface area (Å²) in [6, 6.07) is -2.30. The molecule has 0 aromatic heterocycles. The minimum absolute atomic E-state index is 0.0449. The van der Waals surface area contributed by atoms with E-state index in [1.165, 1.54) is 36.0 Å². The van der Waals surface area contributed by atoms with Crippen LogP contribution in [0.5, 0.6) is 0 Å². The zero-order chi connectivity index (χ0) is 32.8. The SMILES string of the molecule is COC(=O)[C@H](CCCCN)NC1=CC(=O)CN(C(=O)[C@H](NC2=CC(=O)CN(C(=O)[C@H](CCCCN)NC(C)=O)C2)C(C)C)C1. The van der Waals surface area contributed by atoms with E-state index in [0.717, 1.165) is 6.42 Å². The van der Waals surface area contributed by atoms with Gasteiger partial charge in [0.15, 0.2) is 11.6 Å². The van der Waals surface area contributed by atoms with Crippen LogP contribution in [0.2, 0.25) is 0 Å². The van der Waals surface area contributed by atoms with Crippen LogP contribution in [0.15, 0.2) is 23.5 Å². The number of ether oxygens (including phenoxy) is 1. The van der Waals surface area contributed by atoms with Crippen molar-refractivity contribution in [1.29, 1.82) is 0 Å². The normalized spacial score (nSPS) is 17.3. The van der Waals surface area contributed by atoms with Crippen LogP contribution in [0.3, 0.4) is 0 Å². The van der Waals surface area contributed by atoms with E-state index in [2.05, 4.69) is 16.0 Å².